The Morgan fingerprint density at radius 3 is 2.29 bits per heavy atom. The first-order valence-corrected chi connectivity index (χ1v) is 8.72. The monoisotopic (exact) mass is 377 g/mol. The molecule has 3 rings (SSSR count). The summed E-state index contributed by atoms with van der Waals surface area (Å²) in [6.07, 6.45) is 0.164. The molecule has 6 heteroatoms. The Balaban J connectivity index is 1.72. The Morgan fingerprint density at radius 2 is 1.64 bits per heavy atom. The van der Waals surface area contributed by atoms with Crippen molar-refractivity contribution in [2.24, 2.45) is 0 Å². The van der Waals surface area contributed by atoms with Crippen molar-refractivity contribution in [1.82, 2.24) is 5.32 Å². The summed E-state index contributed by atoms with van der Waals surface area (Å²) in [7, 11) is 0. The molecule has 0 unspecified atom stereocenters. The third kappa shape index (κ3) is 4.73. The Morgan fingerprint density at radius 1 is 0.964 bits per heavy atom. The predicted octanol–water partition coefficient (Wildman–Crippen LogP) is 3.19. The first-order chi connectivity index (χ1) is 13.4. The highest BCUT2D eigenvalue weighted by Gasteiger charge is 2.21. The van der Waals surface area contributed by atoms with E-state index in [1.54, 1.807) is 0 Å². The van der Waals surface area contributed by atoms with Crippen LogP contribution in [0.4, 0.5) is 0 Å². The molecule has 0 aliphatic carbocycles. The number of rotatable bonds is 6. The van der Waals surface area contributed by atoms with E-state index < -0.39 is 23.9 Å². The van der Waals surface area contributed by atoms with Crippen molar-refractivity contribution in [1.29, 1.82) is 0 Å². The number of fused-ring (bicyclic) bond motifs is 1. The standard InChI is InChI=1S/C22H19NO5/c1-14(24)28-19-10-8-17(9-11-19)21(25)23-20(22(26)27)13-15-6-7-16-4-2-3-5-18(16)12-15/h2-12,20H,13H2,1H3,(H,23,25)(H,26,27)/t20-/m0/s1. The van der Waals surface area contributed by atoms with Gasteiger partial charge in [-0.25, -0.2) is 4.79 Å². The summed E-state index contributed by atoms with van der Waals surface area (Å²) in [5.74, 6) is -1.77. The lowest BCUT2D eigenvalue weighted by Gasteiger charge is -2.15. The van der Waals surface area contributed by atoms with Crippen molar-refractivity contribution < 1.29 is 24.2 Å². The fourth-order valence-corrected chi connectivity index (χ4v) is 2.88. The predicted molar refractivity (Wildman–Crippen MR) is 104 cm³/mol. The molecule has 142 valence electrons. The van der Waals surface area contributed by atoms with Crippen molar-refractivity contribution in [2.45, 2.75) is 19.4 Å². The number of carboxylic acids is 1. The zero-order valence-electron chi connectivity index (χ0n) is 15.2. The van der Waals surface area contributed by atoms with E-state index in [1.165, 1.54) is 31.2 Å². The number of ether oxygens (including phenoxy) is 1. The molecule has 0 saturated carbocycles. The molecule has 3 aromatic carbocycles. The van der Waals surface area contributed by atoms with Crippen molar-refractivity contribution in [3.63, 3.8) is 0 Å². The Bertz CT molecular complexity index is 1030. The van der Waals surface area contributed by atoms with Crippen LogP contribution in [-0.2, 0) is 16.0 Å². The summed E-state index contributed by atoms with van der Waals surface area (Å²) in [4.78, 5) is 35.0. The van der Waals surface area contributed by atoms with Crippen molar-refractivity contribution >= 4 is 28.6 Å². The molecular weight excluding hydrogens is 358 g/mol. The molecule has 1 amide bonds. The summed E-state index contributed by atoms with van der Waals surface area (Å²) >= 11 is 0. The Kier molecular flexibility index (Phi) is 5.69. The minimum absolute atomic E-state index is 0.164. The van der Waals surface area contributed by atoms with Crippen molar-refractivity contribution in [3.8, 4) is 5.75 Å². The lowest BCUT2D eigenvalue weighted by atomic mass is 10.0. The van der Waals surface area contributed by atoms with E-state index in [9.17, 15) is 19.5 Å². The van der Waals surface area contributed by atoms with E-state index in [0.717, 1.165) is 16.3 Å². The van der Waals surface area contributed by atoms with Gasteiger partial charge in [0.2, 0.25) is 0 Å². The average Bonchev–Trinajstić information content (AvgIpc) is 2.67. The van der Waals surface area contributed by atoms with E-state index >= 15 is 0 Å². The third-order valence-electron chi connectivity index (χ3n) is 4.24. The van der Waals surface area contributed by atoms with Gasteiger partial charge in [-0.1, -0.05) is 42.5 Å². The number of carbonyl (C=O) groups excluding carboxylic acids is 2. The van der Waals surface area contributed by atoms with Gasteiger partial charge < -0.3 is 15.2 Å². The third-order valence-corrected chi connectivity index (χ3v) is 4.24. The molecule has 0 fully saturated rings. The number of amides is 1. The lowest BCUT2D eigenvalue weighted by Crippen LogP contribution is -2.42. The van der Waals surface area contributed by atoms with Gasteiger partial charge in [0.1, 0.15) is 11.8 Å². The van der Waals surface area contributed by atoms with E-state index in [0.29, 0.717) is 5.75 Å². The minimum atomic E-state index is -1.11. The van der Waals surface area contributed by atoms with Crippen molar-refractivity contribution in [3.05, 3.63) is 77.9 Å². The number of hydrogen-bond acceptors (Lipinski definition) is 4. The van der Waals surface area contributed by atoms with E-state index in [-0.39, 0.29) is 12.0 Å². The van der Waals surface area contributed by atoms with Gasteiger partial charge in [-0.15, -0.1) is 0 Å². The molecule has 1 atom stereocenters. The molecule has 28 heavy (non-hydrogen) atoms. The second kappa shape index (κ2) is 8.35. The summed E-state index contributed by atoms with van der Waals surface area (Å²) in [5, 5.41) is 14.1. The number of nitrogens with one attached hydrogen (secondary N) is 1. The van der Waals surface area contributed by atoms with Crippen LogP contribution < -0.4 is 10.1 Å². The van der Waals surface area contributed by atoms with E-state index in [1.807, 2.05) is 42.5 Å². The summed E-state index contributed by atoms with van der Waals surface area (Å²) in [5.41, 5.74) is 1.09. The van der Waals surface area contributed by atoms with Crippen molar-refractivity contribution in [2.75, 3.05) is 0 Å². The quantitative estimate of drug-likeness (QED) is 0.508. The molecule has 6 nitrogen and oxygen atoms in total. The zero-order chi connectivity index (χ0) is 20.1. The topological polar surface area (TPSA) is 92.7 Å². The largest absolute Gasteiger partial charge is 0.480 e. The first-order valence-electron chi connectivity index (χ1n) is 8.72. The van der Waals surface area contributed by atoms with Gasteiger partial charge >= 0.3 is 11.9 Å². The lowest BCUT2D eigenvalue weighted by molar-refractivity contribution is -0.139. The fourth-order valence-electron chi connectivity index (χ4n) is 2.88. The zero-order valence-corrected chi connectivity index (χ0v) is 15.2. The van der Waals surface area contributed by atoms with Crippen LogP contribution in [0.2, 0.25) is 0 Å². The van der Waals surface area contributed by atoms with Gasteiger partial charge in [0.05, 0.1) is 0 Å². The van der Waals surface area contributed by atoms with Crippen LogP contribution in [0.3, 0.4) is 0 Å². The number of carbonyl (C=O) groups is 3. The number of carboxylic acid groups (broad SMARTS) is 1. The van der Waals surface area contributed by atoms with Crippen LogP contribution in [0.1, 0.15) is 22.8 Å². The summed E-state index contributed by atoms with van der Waals surface area (Å²) < 4.78 is 4.92. The van der Waals surface area contributed by atoms with Crippen LogP contribution in [0.25, 0.3) is 10.8 Å². The highest BCUT2D eigenvalue weighted by Crippen LogP contribution is 2.17. The molecule has 2 N–H and O–H groups in total. The maximum Gasteiger partial charge on any atom is 0.326 e. The molecule has 0 bridgehead atoms. The Hall–Kier alpha value is -3.67. The van der Waals surface area contributed by atoms with E-state index in [4.69, 9.17) is 4.74 Å². The summed E-state index contributed by atoms with van der Waals surface area (Å²) in [6, 6.07) is 18.4. The van der Waals surface area contributed by atoms with Crippen LogP contribution in [0.15, 0.2) is 66.7 Å². The Labute approximate surface area is 161 Å². The summed E-state index contributed by atoms with van der Waals surface area (Å²) in [6.45, 7) is 1.28. The molecular formula is C22H19NO5. The maximum atomic E-state index is 12.4. The molecule has 0 saturated heterocycles. The van der Waals surface area contributed by atoms with Gasteiger partial charge in [0.15, 0.2) is 0 Å². The molecule has 0 aliphatic heterocycles. The molecule has 0 spiro atoms. The van der Waals surface area contributed by atoms with Crippen LogP contribution in [0, 0.1) is 0 Å². The number of esters is 1. The number of aliphatic carboxylic acids is 1. The highest BCUT2D eigenvalue weighted by atomic mass is 16.5. The van der Waals surface area contributed by atoms with E-state index in [2.05, 4.69) is 5.32 Å². The van der Waals surface area contributed by atoms with Gasteiger partial charge in [-0.3, -0.25) is 9.59 Å². The van der Waals surface area contributed by atoms with Gasteiger partial charge in [-0.2, -0.15) is 0 Å². The van der Waals surface area contributed by atoms with Crippen LogP contribution in [0.5, 0.6) is 5.75 Å². The molecule has 0 radical (unpaired) electrons. The van der Waals surface area contributed by atoms with Gasteiger partial charge in [-0.05, 0) is 40.6 Å². The van der Waals surface area contributed by atoms with Gasteiger partial charge in [0, 0.05) is 18.9 Å². The molecule has 3 aromatic rings. The smallest absolute Gasteiger partial charge is 0.326 e. The second-order valence-corrected chi connectivity index (χ2v) is 6.37. The minimum Gasteiger partial charge on any atom is -0.480 e. The SMILES string of the molecule is CC(=O)Oc1ccc(C(=O)N[C@@H](Cc2ccc3ccccc3c2)C(=O)O)cc1. The normalized spacial score (nSPS) is 11.6. The molecule has 0 aliphatic rings. The van der Waals surface area contributed by atoms with Crippen LogP contribution in [-0.4, -0.2) is 29.0 Å². The highest BCUT2D eigenvalue weighted by molar-refractivity contribution is 5.96. The fraction of sp³-hybridized carbons (Fsp3) is 0.136. The number of benzene rings is 3. The average molecular weight is 377 g/mol. The van der Waals surface area contributed by atoms with Gasteiger partial charge in [0.25, 0.3) is 5.91 Å². The molecule has 0 heterocycles. The molecule has 0 aromatic heterocycles. The number of hydrogen-bond donors (Lipinski definition) is 2. The first kappa shape index (κ1) is 19.1. The second-order valence-electron chi connectivity index (χ2n) is 6.37. The van der Waals surface area contributed by atoms with Crippen LogP contribution >= 0.6 is 0 Å². The maximum absolute atomic E-state index is 12.4.